The number of hydrogen-bond acceptors (Lipinski definition) is 30. The first kappa shape index (κ1) is 108. The molecule has 0 spiro atoms. The van der Waals surface area contributed by atoms with Gasteiger partial charge >= 0.3 is 59.7 Å². The lowest BCUT2D eigenvalue weighted by molar-refractivity contribution is -0.206. The van der Waals surface area contributed by atoms with Crippen LogP contribution in [0.1, 0.15) is 240 Å². The minimum atomic E-state index is -0.318. The summed E-state index contributed by atoms with van der Waals surface area (Å²) in [5.74, 6) is 2.57. The van der Waals surface area contributed by atoms with E-state index in [9.17, 15) is 47.9 Å². The zero-order valence-corrected chi connectivity index (χ0v) is 69.6. The molecule has 0 radical (unpaired) electrons. The van der Waals surface area contributed by atoms with Crippen molar-refractivity contribution in [1.82, 2.24) is 0 Å². The van der Waals surface area contributed by atoms with Crippen LogP contribution in [-0.4, -0.2) is 208 Å². The second-order valence-electron chi connectivity index (χ2n) is 28.7. The Balaban J connectivity index is -0.000000565. The molecule has 0 aliphatic heterocycles. The molecular weight excluding hydrogens is 1400 g/mol. The fourth-order valence-corrected chi connectivity index (χ4v) is 13.3. The van der Waals surface area contributed by atoms with Gasteiger partial charge < -0.3 is 94.7 Å². The summed E-state index contributed by atoms with van der Waals surface area (Å²) in [7, 11) is 9.16. The van der Waals surface area contributed by atoms with E-state index in [1.807, 2.05) is 7.11 Å². The molecule has 107 heavy (non-hydrogen) atoms. The number of ether oxygens (including phenoxy) is 20. The minimum Gasteiger partial charge on any atom is -0.465 e. The number of hydrogen-bond donors (Lipinski definition) is 0. The smallest absolute Gasteiger partial charge is 0.304 e. The van der Waals surface area contributed by atoms with E-state index in [1.165, 1.54) is 169 Å². The highest BCUT2D eigenvalue weighted by atomic mass is 16.7. The van der Waals surface area contributed by atoms with Crippen LogP contribution in [0.3, 0.4) is 0 Å². The lowest BCUT2D eigenvalue weighted by atomic mass is 9.48. The third-order valence-electron chi connectivity index (χ3n) is 16.6. The SMILES string of the molecule is CC(=O)OCOCCCC(C)C.CC(=O)OCOCCCC(C)C.CC(=O)OCOCCCC(C)C.CCCOC12CC3CC(CC(COC(C)=O)(C3)C1)C2.COC12CC3CC(CC(COC(C)=O)(C3)C1)C2.COCOC(C)=O.COCOC(C)=O.COCOC(C)=O.COCOC(C)=O.COCOC(C)=O. The Morgan fingerprint density at radius 3 is 0.729 bits per heavy atom. The maximum Gasteiger partial charge on any atom is 0.304 e. The van der Waals surface area contributed by atoms with Crippen molar-refractivity contribution >= 4 is 59.7 Å². The first-order valence-electron chi connectivity index (χ1n) is 37.0. The maximum atomic E-state index is 11.1. The van der Waals surface area contributed by atoms with Gasteiger partial charge in [0, 0.05) is 129 Å². The van der Waals surface area contributed by atoms with E-state index in [1.54, 1.807) is 0 Å². The summed E-state index contributed by atoms with van der Waals surface area (Å²) in [4.78, 5) is 103. The standard InChI is InChI=1S/C16H26O3.C14H22O3.3C9H18O3.5C4H8O3/c1-3-4-19-16-8-13-5-14(9-16)7-15(6-13,10-16)11-18-12(2)17;1-10(15)17-9-13-4-11-3-12(5-13)7-14(6-11,8-13)16-2;3*1-8(2)5-4-6-11-7-12-9(3)10;5*1-4(5)7-3-6-2/h13-14H,3-11H2,1-2H3;11-12H,3-9H2,1-2H3;3*8H,4-7H2,1-3H3;5*3H2,1-2H3. The van der Waals surface area contributed by atoms with E-state index < -0.39 is 0 Å². The van der Waals surface area contributed by atoms with Gasteiger partial charge in [-0.05, 0) is 163 Å². The highest BCUT2D eigenvalue weighted by molar-refractivity contribution is 5.68. The molecule has 0 aromatic heterocycles. The topological polar surface area (TPSA) is 355 Å². The molecule has 0 aromatic rings. The first-order valence-corrected chi connectivity index (χ1v) is 37.0. The number of esters is 10. The molecule has 8 rings (SSSR count). The predicted octanol–water partition coefficient (Wildman–Crippen LogP) is 12.5. The highest BCUT2D eigenvalue weighted by Crippen LogP contribution is 2.64. The summed E-state index contributed by atoms with van der Waals surface area (Å²) >= 11 is 0. The van der Waals surface area contributed by atoms with Gasteiger partial charge in [0.25, 0.3) is 0 Å². The van der Waals surface area contributed by atoms with Crippen LogP contribution in [0.25, 0.3) is 0 Å². The zero-order chi connectivity index (χ0) is 82.3. The number of carbonyl (C=O) groups excluding carboxylic acids is 10. The molecule has 4 unspecified atom stereocenters. The van der Waals surface area contributed by atoms with Crippen LogP contribution >= 0.6 is 0 Å². The Kier molecular flexibility index (Phi) is 66.5. The third kappa shape index (κ3) is 65.9. The molecule has 30 heteroatoms. The largest absolute Gasteiger partial charge is 0.465 e. The van der Waals surface area contributed by atoms with Crippen LogP contribution in [0.15, 0.2) is 0 Å². The summed E-state index contributed by atoms with van der Waals surface area (Å²) in [6.45, 7) is 33.7. The Bertz CT molecular complexity index is 2140. The van der Waals surface area contributed by atoms with Crippen molar-refractivity contribution < 1.29 is 143 Å². The Morgan fingerprint density at radius 1 is 0.308 bits per heavy atom. The van der Waals surface area contributed by atoms with Crippen molar-refractivity contribution in [3.05, 3.63) is 0 Å². The molecule has 8 bridgehead atoms. The average Bonchev–Trinajstić information content (AvgIpc) is 0.736. The Morgan fingerprint density at radius 2 is 0.533 bits per heavy atom. The van der Waals surface area contributed by atoms with Gasteiger partial charge in [0.05, 0.1) is 44.2 Å². The third-order valence-corrected chi connectivity index (χ3v) is 16.6. The van der Waals surface area contributed by atoms with Gasteiger partial charge in [-0.3, -0.25) is 47.9 Å². The van der Waals surface area contributed by atoms with E-state index in [0.717, 1.165) is 88.1 Å². The molecule has 4 atom stereocenters. The Hall–Kier alpha value is -5.70. The molecule has 8 aliphatic rings. The van der Waals surface area contributed by atoms with Gasteiger partial charge in [0.2, 0.25) is 0 Å². The summed E-state index contributed by atoms with van der Waals surface area (Å²) in [6.07, 6.45) is 22.5. The van der Waals surface area contributed by atoms with Crippen LogP contribution in [0.4, 0.5) is 0 Å². The quantitative estimate of drug-likeness (QED) is 0.0243. The van der Waals surface area contributed by atoms with E-state index >= 15 is 0 Å². The van der Waals surface area contributed by atoms with E-state index in [2.05, 4.69) is 110 Å². The molecule has 0 saturated heterocycles. The van der Waals surface area contributed by atoms with Crippen molar-refractivity contribution in [1.29, 1.82) is 0 Å². The van der Waals surface area contributed by atoms with Gasteiger partial charge in [-0.1, -0.05) is 48.5 Å². The minimum absolute atomic E-state index is 0.0509. The molecule has 8 saturated carbocycles. The Labute approximate surface area is 639 Å². The maximum absolute atomic E-state index is 11.1. The van der Waals surface area contributed by atoms with Crippen molar-refractivity contribution in [3.8, 4) is 0 Å². The molecule has 0 N–H and O–H groups in total. The predicted molar refractivity (Wildman–Crippen MR) is 394 cm³/mol. The monoisotopic (exact) mass is 1550 g/mol. The van der Waals surface area contributed by atoms with E-state index in [-0.39, 0.29) is 136 Å². The van der Waals surface area contributed by atoms with Gasteiger partial charge in [-0.2, -0.15) is 0 Å². The lowest BCUT2D eigenvalue weighted by Crippen LogP contribution is -2.58. The van der Waals surface area contributed by atoms with Crippen molar-refractivity contribution in [2.45, 2.75) is 251 Å². The number of methoxy groups -OCH3 is 6. The van der Waals surface area contributed by atoms with Crippen LogP contribution in [0.2, 0.25) is 0 Å². The van der Waals surface area contributed by atoms with E-state index in [4.69, 9.17) is 33.2 Å². The molecule has 8 aliphatic carbocycles. The average molecular weight is 1550 g/mol. The summed E-state index contributed by atoms with van der Waals surface area (Å²) in [5, 5.41) is 0. The first-order chi connectivity index (χ1) is 50.3. The van der Waals surface area contributed by atoms with Crippen LogP contribution in [0.5, 0.6) is 0 Å². The van der Waals surface area contributed by atoms with Gasteiger partial charge in [0.15, 0.2) is 54.3 Å². The highest BCUT2D eigenvalue weighted by Gasteiger charge is 2.60. The summed E-state index contributed by atoms with van der Waals surface area (Å²) in [5.41, 5.74) is 0.666. The summed E-state index contributed by atoms with van der Waals surface area (Å²) < 4.78 is 95.4. The molecule has 0 amide bonds. The van der Waals surface area contributed by atoms with Crippen LogP contribution in [-0.2, 0) is 143 Å². The van der Waals surface area contributed by atoms with E-state index in [0.29, 0.717) is 50.8 Å². The molecule has 8 fully saturated rings. The fraction of sp³-hybridized carbons (Fsp3) is 0.870. The molecular formula is C77H142O30. The van der Waals surface area contributed by atoms with Gasteiger partial charge in [0.1, 0.15) is 0 Å². The van der Waals surface area contributed by atoms with Gasteiger partial charge in [-0.25, -0.2) is 0 Å². The van der Waals surface area contributed by atoms with Crippen LogP contribution in [0, 0.1) is 52.3 Å². The number of rotatable bonds is 36. The van der Waals surface area contributed by atoms with Crippen molar-refractivity contribution in [2.24, 2.45) is 52.3 Å². The fourth-order valence-electron chi connectivity index (χ4n) is 13.3. The second kappa shape index (κ2) is 66.1. The summed E-state index contributed by atoms with van der Waals surface area (Å²) in [6, 6.07) is 0. The lowest BCUT2D eigenvalue weighted by Gasteiger charge is -2.61. The van der Waals surface area contributed by atoms with Crippen molar-refractivity contribution in [3.63, 3.8) is 0 Å². The molecule has 0 aromatic carbocycles. The normalized spacial score (nSPS) is 21.4. The number of carbonyl (C=O) groups is 10. The zero-order valence-electron chi connectivity index (χ0n) is 69.6. The molecule has 630 valence electrons. The van der Waals surface area contributed by atoms with Crippen LogP contribution < -0.4 is 0 Å². The van der Waals surface area contributed by atoms with Gasteiger partial charge in [-0.15, -0.1) is 0 Å². The van der Waals surface area contributed by atoms with Crippen molar-refractivity contribution in [2.75, 3.05) is 137 Å². The molecule has 30 nitrogen and oxygen atoms in total. The molecule has 0 heterocycles. The second-order valence-corrected chi connectivity index (χ2v) is 28.7.